The van der Waals surface area contributed by atoms with Crippen molar-refractivity contribution in [2.45, 2.75) is 23.8 Å². The van der Waals surface area contributed by atoms with Gasteiger partial charge in [-0.1, -0.05) is 11.3 Å². The molecule has 0 N–H and O–H groups in total. The summed E-state index contributed by atoms with van der Waals surface area (Å²) in [6.07, 6.45) is 0.931. The predicted molar refractivity (Wildman–Crippen MR) is 112 cm³/mol. The third-order valence-electron chi connectivity index (χ3n) is 4.99. The Bertz CT molecular complexity index is 1160. The summed E-state index contributed by atoms with van der Waals surface area (Å²) < 4.78 is 57.9. The predicted octanol–water partition coefficient (Wildman–Crippen LogP) is 3.68. The number of hydrogen-bond donors (Lipinski definition) is 0. The van der Waals surface area contributed by atoms with Gasteiger partial charge in [0.1, 0.15) is 11.9 Å². The molecule has 1 fully saturated rings. The van der Waals surface area contributed by atoms with Gasteiger partial charge in [0.25, 0.3) is 5.19 Å². The summed E-state index contributed by atoms with van der Waals surface area (Å²) >= 11 is 1.28. The minimum absolute atomic E-state index is 0.146. The number of nitrogens with zero attached hydrogens (tertiary/aromatic N) is 2. The van der Waals surface area contributed by atoms with E-state index >= 15 is 0 Å². The van der Waals surface area contributed by atoms with Gasteiger partial charge < -0.3 is 14.2 Å². The molecule has 0 amide bonds. The fraction of sp³-hybridized carbons (Fsp3) is 0.350. The summed E-state index contributed by atoms with van der Waals surface area (Å²) in [7, 11) is -0.689. The van der Waals surface area contributed by atoms with E-state index in [1.54, 1.807) is 12.1 Å². The molecule has 1 aromatic heterocycles. The van der Waals surface area contributed by atoms with E-state index in [0.29, 0.717) is 48.1 Å². The van der Waals surface area contributed by atoms with Crippen LogP contribution in [0.2, 0.25) is 0 Å². The summed E-state index contributed by atoms with van der Waals surface area (Å²) in [6.45, 7) is 0.668. The molecule has 2 heterocycles. The zero-order valence-electron chi connectivity index (χ0n) is 16.5. The van der Waals surface area contributed by atoms with Gasteiger partial charge in [0.15, 0.2) is 11.5 Å². The van der Waals surface area contributed by atoms with Gasteiger partial charge in [-0.2, -0.15) is 4.31 Å². The molecule has 10 heteroatoms. The van der Waals surface area contributed by atoms with Crippen LogP contribution in [0.5, 0.6) is 16.7 Å². The van der Waals surface area contributed by atoms with E-state index in [-0.39, 0.29) is 16.8 Å². The van der Waals surface area contributed by atoms with Crippen LogP contribution < -0.4 is 14.2 Å². The third-order valence-corrected chi connectivity index (χ3v) is 7.80. The van der Waals surface area contributed by atoms with E-state index in [9.17, 15) is 12.8 Å². The van der Waals surface area contributed by atoms with Crippen LogP contribution in [-0.4, -0.2) is 51.1 Å². The molecule has 7 nitrogen and oxygen atoms in total. The maximum atomic E-state index is 13.4. The van der Waals surface area contributed by atoms with E-state index < -0.39 is 10.0 Å². The number of piperidine rings is 1. The smallest absolute Gasteiger partial charge is 0.274 e. The van der Waals surface area contributed by atoms with Gasteiger partial charge in [-0.3, -0.25) is 0 Å². The van der Waals surface area contributed by atoms with E-state index in [4.69, 9.17) is 14.2 Å². The van der Waals surface area contributed by atoms with E-state index in [1.165, 1.54) is 54.1 Å². The quantitative estimate of drug-likeness (QED) is 0.568. The molecular formula is C20H21FN2O5S2. The second-order valence-electron chi connectivity index (χ2n) is 6.83. The summed E-state index contributed by atoms with van der Waals surface area (Å²) in [5.41, 5.74) is 0.685. The summed E-state index contributed by atoms with van der Waals surface area (Å²) in [6, 6.07) is 8.97. The highest BCUT2D eigenvalue weighted by Gasteiger charge is 2.31. The number of methoxy groups -OCH3 is 2. The lowest BCUT2D eigenvalue weighted by molar-refractivity contribution is 0.135. The first-order valence-electron chi connectivity index (χ1n) is 9.35. The highest BCUT2D eigenvalue weighted by atomic mass is 32.2. The van der Waals surface area contributed by atoms with Crippen LogP contribution in [0.15, 0.2) is 41.3 Å². The highest BCUT2D eigenvalue weighted by Crippen LogP contribution is 2.33. The molecule has 4 rings (SSSR count). The molecule has 0 saturated carbocycles. The highest BCUT2D eigenvalue weighted by molar-refractivity contribution is 7.89. The number of ether oxygens (including phenoxy) is 3. The molecule has 0 unspecified atom stereocenters. The molecule has 1 saturated heterocycles. The molecule has 0 bridgehead atoms. The van der Waals surface area contributed by atoms with Crippen LogP contribution >= 0.6 is 11.3 Å². The standard InChI is InChI=1S/C20H21FN2O5S2/c1-26-17-6-4-15(12-18(17)27-2)30(24,25)23-9-7-14(8-10-23)28-20-22-16-5-3-13(21)11-19(16)29-20/h3-6,11-12,14H,7-10H2,1-2H3. The van der Waals surface area contributed by atoms with Gasteiger partial charge in [-0.15, -0.1) is 0 Å². The molecule has 1 aliphatic heterocycles. The largest absolute Gasteiger partial charge is 0.493 e. The average Bonchev–Trinajstić information content (AvgIpc) is 3.14. The van der Waals surface area contributed by atoms with Gasteiger partial charge in [-0.05, 0) is 43.2 Å². The van der Waals surface area contributed by atoms with Crippen molar-refractivity contribution in [2.24, 2.45) is 0 Å². The summed E-state index contributed by atoms with van der Waals surface area (Å²) in [4.78, 5) is 4.53. The summed E-state index contributed by atoms with van der Waals surface area (Å²) in [5.74, 6) is 0.523. The van der Waals surface area contributed by atoms with Gasteiger partial charge in [0.2, 0.25) is 10.0 Å². The fourth-order valence-electron chi connectivity index (χ4n) is 3.39. The lowest BCUT2D eigenvalue weighted by atomic mass is 10.1. The van der Waals surface area contributed by atoms with E-state index in [2.05, 4.69) is 4.98 Å². The Morgan fingerprint density at radius 2 is 1.80 bits per heavy atom. The number of rotatable bonds is 6. The van der Waals surface area contributed by atoms with Crippen molar-refractivity contribution >= 4 is 31.6 Å². The van der Waals surface area contributed by atoms with Crippen molar-refractivity contribution in [1.29, 1.82) is 0 Å². The Hall–Kier alpha value is -2.43. The number of thiazole rings is 1. The Morgan fingerprint density at radius 1 is 1.07 bits per heavy atom. The first kappa shape index (κ1) is 20.8. The molecule has 0 aliphatic carbocycles. The van der Waals surface area contributed by atoms with Crippen molar-refractivity contribution in [3.63, 3.8) is 0 Å². The second-order valence-corrected chi connectivity index (χ2v) is 9.76. The number of fused-ring (bicyclic) bond motifs is 1. The Labute approximate surface area is 178 Å². The third kappa shape index (κ3) is 4.07. The van der Waals surface area contributed by atoms with Crippen LogP contribution in [0.1, 0.15) is 12.8 Å². The van der Waals surface area contributed by atoms with Crippen molar-refractivity contribution in [1.82, 2.24) is 9.29 Å². The van der Waals surface area contributed by atoms with Crippen LogP contribution in [0.25, 0.3) is 10.2 Å². The molecule has 160 valence electrons. The van der Waals surface area contributed by atoms with Gasteiger partial charge >= 0.3 is 0 Å². The van der Waals surface area contributed by atoms with Crippen LogP contribution in [0.4, 0.5) is 4.39 Å². The van der Waals surface area contributed by atoms with Crippen molar-refractivity contribution in [2.75, 3.05) is 27.3 Å². The number of sulfonamides is 1. The lowest BCUT2D eigenvalue weighted by Crippen LogP contribution is -2.41. The molecule has 3 aromatic rings. The van der Waals surface area contributed by atoms with Crippen molar-refractivity contribution in [3.8, 4) is 16.7 Å². The lowest BCUT2D eigenvalue weighted by Gasteiger charge is -2.30. The Morgan fingerprint density at radius 3 is 2.50 bits per heavy atom. The maximum absolute atomic E-state index is 13.4. The normalized spacial score (nSPS) is 16.0. The minimum Gasteiger partial charge on any atom is -0.493 e. The first-order valence-corrected chi connectivity index (χ1v) is 11.6. The number of aromatic nitrogens is 1. The van der Waals surface area contributed by atoms with Crippen LogP contribution in [0.3, 0.4) is 0 Å². The molecule has 1 aliphatic rings. The molecule has 2 aromatic carbocycles. The second kappa shape index (κ2) is 8.37. The van der Waals surface area contributed by atoms with E-state index in [1.807, 2.05) is 0 Å². The van der Waals surface area contributed by atoms with E-state index in [0.717, 1.165) is 4.70 Å². The fourth-order valence-corrected chi connectivity index (χ4v) is 5.78. The zero-order valence-corrected chi connectivity index (χ0v) is 18.1. The van der Waals surface area contributed by atoms with Gasteiger partial charge in [-0.25, -0.2) is 17.8 Å². The minimum atomic E-state index is -3.65. The van der Waals surface area contributed by atoms with Crippen molar-refractivity contribution < 1.29 is 27.0 Å². The molecule has 0 atom stereocenters. The number of halogens is 1. The molecular weight excluding hydrogens is 431 g/mol. The van der Waals surface area contributed by atoms with Gasteiger partial charge in [0, 0.05) is 19.2 Å². The van der Waals surface area contributed by atoms with Crippen LogP contribution in [0, 0.1) is 5.82 Å². The number of benzene rings is 2. The molecule has 0 spiro atoms. The molecule has 30 heavy (non-hydrogen) atoms. The molecule has 0 radical (unpaired) electrons. The topological polar surface area (TPSA) is 78.0 Å². The summed E-state index contributed by atoms with van der Waals surface area (Å²) in [5, 5.41) is 0.469. The Balaban J connectivity index is 1.43. The zero-order chi connectivity index (χ0) is 21.3. The average molecular weight is 453 g/mol. The maximum Gasteiger partial charge on any atom is 0.274 e. The van der Waals surface area contributed by atoms with Crippen molar-refractivity contribution in [3.05, 3.63) is 42.2 Å². The van der Waals surface area contributed by atoms with Gasteiger partial charge in [0.05, 0.1) is 29.3 Å². The number of hydrogen-bond acceptors (Lipinski definition) is 7. The first-order chi connectivity index (χ1) is 14.4. The Kier molecular flexibility index (Phi) is 5.81. The monoisotopic (exact) mass is 452 g/mol. The SMILES string of the molecule is COc1ccc(S(=O)(=O)N2CCC(Oc3nc4ccc(F)cc4s3)CC2)cc1OC. The van der Waals surface area contributed by atoms with Crippen LogP contribution in [-0.2, 0) is 10.0 Å².